The highest BCUT2D eigenvalue weighted by molar-refractivity contribution is 6.17. The Morgan fingerprint density at radius 1 is 0.829 bits per heavy atom. The van der Waals surface area contributed by atoms with Crippen LogP contribution >= 0.6 is 0 Å². The van der Waals surface area contributed by atoms with Crippen molar-refractivity contribution in [3.05, 3.63) is 113 Å². The molecular formula is C39H38NO+. The number of hydrogen-bond donors (Lipinski definition) is 0. The first kappa shape index (κ1) is 23.5. The molecule has 0 atom stereocenters. The minimum Gasteiger partial charge on any atom is -0.455 e. The largest absolute Gasteiger partial charge is 0.455 e. The van der Waals surface area contributed by atoms with E-state index in [0.717, 1.165) is 44.5 Å². The molecule has 0 fully saturated rings. The zero-order chi connectivity index (χ0) is 30.5. The summed E-state index contributed by atoms with van der Waals surface area (Å²) in [5.74, 6) is 0. The molecule has 7 rings (SSSR count). The first-order chi connectivity index (χ1) is 20.3. The highest BCUT2D eigenvalue weighted by atomic mass is 16.3. The molecular weight excluding hydrogens is 498 g/mol. The van der Waals surface area contributed by atoms with Gasteiger partial charge >= 0.3 is 0 Å². The highest BCUT2D eigenvalue weighted by Gasteiger charge is 2.37. The molecule has 0 unspecified atom stereocenters. The van der Waals surface area contributed by atoms with Crippen molar-refractivity contribution in [2.24, 2.45) is 12.5 Å². The van der Waals surface area contributed by atoms with Crippen molar-refractivity contribution in [1.82, 2.24) is 0 Å². The van der Waals surface area contributed by atoms with Gasteiger partial charge in [-0.1, -0.05) is 101 Å². The van der Waals surface area contributed by atoms with Crippen LogP contribution in [0.2, 0.25) is 0 Å². The predicted octanol–water partition coefficient (Wildman–Crippen LogP) is 9.95. The van der Waals surface area contributed by atoms with Crippen molar-refractivity contribution < 1.29 is 11.7 Å². The van der Waals surface area contributed by atoms with Gasteiger partial charge in [0.2, 0.25) is 5.69 Å². The molecule has 1 aliphatic rings. The van der Waals surface area contributed by atoms with Crippen LogP contribution < -0.4 is 4.57 Å². The van der Waals surface area contributed by atoms with Gasteiger partial charge in [-0.25, -0.2) is 4.57 Å². The first-order valence-electron chi connectivity index (χ1n) is 15.5. The summed E-state index contributed by atoms with van der Waals surface area (Å²) in [4.78, 5) is 0. The van der Waals surface area contributed by atoms with E-state index >= 15 is 0 Å². The van der Waals surface area contributed by atoms with Crippen molar-refractivity contribution in [3.8, 4) is 33.5 Å². The second-order valence-corrected chi connectivity index (χ2v) is 13.1. The fourth-order valence-corrected chi connectivity index (χ4v) is 6.72. The third kappa shape index (κ3) is 4.03. The van der Waals surface area contributed by atoms with Crippen LogP contribution in [0.15, 0.2) is 95.5 Å². The van der Waals surface area contributed by atoms with Crippen LogP contribution in [0.5, 0.6) is 0 Å². The van der Waals surface area contributed by atoms with Gasteiger partial charge in [0.15, 0.2) is 6.20 Å². The van der Waals surface area contributed by atoms with Crippen LogP contribution in [0, 0.1) is 12.3 Å². The van der Waals surface area contributed by atoms with Crippen LogP contribution in [0.3, 0.4) is 0 Å². The first-order valence-corrected chi connectivity index (χ1v) is 14.5. The summed E-state index contributed by atoms with van der Waals surface area (Å²) in [5.41, 5.74) is 12.7. The molecule has 2 heteroatoms. The SMILES string of the molecule is [2H]C([2H])(c1ccc(-c2cc[n+](C)c(-c3c(C)ccc4c3oc3ccc5c(c34)-c3ccccc3C5(C)C)c2)cc1)C(C)(C)C. The lowest BCUT2D eigenvalue weighted by Gasteiger charge is -2.21. The molecule has 0 amide bonds. The quantitative estimate of drug-likeness (QED) is 0.205. The van der Waals surface area contributed by atoms with E-state index < -0.39 is 11.8 Å². The summed E-state index contributed by atoms with van der Waals surface area (Å²) in [6.07, 6.45) is 0.675. The number of furan rings is 1. The molecule has 0 N–H and O–H groups in total. The molecule has 0 bridgehead atoms. The summed E-state index contributed by atoms with van der Waals surface area (Å²) < 4.78 is 26.3. The lowest BCUT2D eigenvalue weighted by Crippen LogP contribution is -2.30. The van der Waals surface area contributed by atoms with E-state index in [2.05, 4.69) is 99.2 Å². The molecule has 2 nitrogen and oxygen atoms in total. The van der Waals surface area contributed by atoms with Crippen LogP contribution in [0.4, 0.5) is 0 Å². The number of rotatable bonds is 3. The van der Waals surface area contributed by atoms with Gasteiger partial charge in [-0.15, -0.1) is 0 Å². The summed E-state index contributed by atoms with van der Waals surface area (Å²) >= 11 is 0. The number of fused-ring (bicyclic) bond motifs is 7. The standard InChI is InChI=1S/C39H38NO/c1-24-12-17-29-36-33(19-18-31-35(36)28-10-8-9-11-30(28)39(31,5)6)41-37(29)34(24)32-22-27(20-21-40(32)7)26-15-13-25(14-16-26)23-38(2,3)4/h8-22H,23H2,1-7H3/q+1/i23D2. The van der Waals surface area contributed by atoms with Crippen LogP contribution in [0.25, 0.3) is 55.4 Å². The van der Waals surface area contributed by atoms with Crippen molar-refractivity contribution in [3.63, 3.8) is 0 Å². The molecule has 2 heterocycles. The predicted molar refractivity (Wildman–Crippen MR) is 171 cm³/mol. The van der Waals surface area contributed by atoms with Crippen molar-refractivity contribution in [1.29, 1.82) is 0 Å². The summed E-state index contributed by atoms with van der Waals surface area (Å²) in [7, 11) is 2.08. The Hall–Kier alpha value is -4.17. The van der Waals surface area contributed by atoms with Gasteiger partial charge in [-0.05, 0) is 69.3 Å². The maximum atomic E-state index is 8.68. The number of benzene rings is 4. The Labute approximate surface area is 246 Å². The van der Waals surface area contributed by atoms with E-state index in [-0.39, 0.29) is 5.41 Å². The van der Waals surface area contributed by atoms with E-state index in [4.69, 9.17) is 7.16 Å². The molecule has 6 aromatic rings. The molecule has 4 aromatic carbocycles. The molecule has 41 heavy (non-hydrogen) atoms. The van der Waals surface area contributed by atoms with E-state index in [9.17, 15) is 0 Å². The fraction of sp³-hybridized carbons (Fsp3) is 0.256. The zero-order valence-electron chi connectivity index (χ0n) is 27.0. The average Bonchev–Trinajstić information content (AvgIpc) is 3.45. The van der Waals surface area contributed by atoms with Gasteiger partial charge in [0, 0.05) is 31.1 Å². The summed E-state index contributed by atoms with van der Waals surface area (Å²) in [6.45, 7) is 12.6. The van der Waals surface area contributed by atoms with E-state index in [1.807, 2.05) is 45.0 Å². The zero-order valence-corrected chi connectivity index (χ0v) is 25.0. The van der Waals surface area contributed by atoms with Gasteiger partial charge in [0.25, 0.3) is 0 Å². The number of aromatic nitrogens is 1. The lowest BCUT2D eigenvalue weighted by molar-refractivity contribution is -0.660. The van der Waals surface area contributed by atoms with Gasteiger partial charge in [-0.2, -0.15) is 0 Å². The van der Waals surface area contributed by atoms with Crippen LogP contribution in [0.1, 0.15) is 59.6 Å². The van der Waals surface area contributed by atoms with E-state index in [1.54, 1.807) is 0 Å². The monoisotopic (exact) mass is 538 g/mol. The average molecular weight is 539 g/mol. The smallest absolute Gasteiger partial charge is 0.216 e. The number of hydrogen-bond acceptors (Lipinski definition) is 1. The normalized spacial score (nSPS) is 15.1. The van der Waals surface area contributed by atoms with E-state index in [0.29, 0.717) is 5.56 Å². The van der Waals surface area contributed by atoms with Crippen LogP contribution in [-0.2, 0) is 18.8 Å². The van der Waals surface area contributed by atoms with Gasteiger partial charge < -0.3 is 4.42 Å². The Balaban J connectivity index is 1.41. The highest BCUT2D eigenvalue weighted by Crippen LogP contribution is 2.53. The molecule has 204 valence electrons. The topological polar surface area (TPSA) is 17.0 Å². The number of aryl methyl sites for hydroxylation is 2. The molecule has 0 saturated carbocycles. The van der Waals surface area contributed by atoms with Crippen molar-refractivity contribution >= 4 is 21.9 Å². The number of nitrogens with zero attached hydrogens (tertiary/aromatic N) is 1. The molecule has 2 aromatic heterocycles. The molecule has 0 radical (unpaired) electrons. The number of pyridine rings is 1. The maximum Gasteiger partial charge on any atom is 0.216 e. The van der Waals surface area contributed by atoms with E-state index in [1.165, 1.54) is 27.6 Å². The Bertz CT molecular complexity index is 2070. The molecule has 0 spiro atoms. The minimum atomic E-state index is -1.43. The molecule has 0 aliphatic heterocycles. The Kier molecular flexibility index (Phi) is 5.11. The van der Waals surface area contributed by atoms with Gasteiger partial charge in [-0.3, -0.25) is 0 Å². The summed E-state index contributed by atoms with van der Waals surface area (Å²) in [6, 6.07) is 29.9. The molecule has 1 aliphatic carbocycles. The third-order valence-electron chi connectivity index (χ3n) is 8.70. The Morgan fingerprint density at radius 2 is 1.59 bits per heavy atom. The third-order valence-corrected chi connectivity index (χ3v) is 8.70. The van der Waals surface area contributed by atoms with Gasteiger partial charge in [0.05, 0.1) is 5.56 Å². The fourth-order valence-electron chi connectivity index (χ4n) is 6.72. The van der Waals surface area contributed by atoms with Crippen molar-refractivity contribution in [2.75, 3.05) is 0 Å². The van der Waals surface area contributed by atoms with Gasteiger partial charge in [0.1, 0.15) is 18.2 Å². The minimum absolute atomic E-state index is 0.0694. The van der Waals surface area contributed by atoms with Crippen molar-refractivity contribution in [2.45, 2.75) is 53.3 Å². The second-order valence-electron chi connectivity index (χ2n) is 13.1. The Morgan fingerprint density at radius 3 is 2.34 bits per heavy atom. The summed E-state index contributed by atoms with van der Waals surface area (Å²) in [5, 5.41) is 2.33. The molecule has 0 saturated heterocycles. The maximum absolute atomic E-state index is 8.68. The van der Waals surface area contributed by atoms with Crippen LogP contribution in [-0.4, -0.2) is 0 Å². The lowest BCUT2D eigenvalue weighted by atomic mass is 9.82. The second kappa shape index (κ2) is 8.91.